The molecule has 0 radical (unpaired) electrons. The molecule has 0 aliphatic heterocycles. The van der Waals surface area contributed by atoms with Gasteiger partial charge in [-0.1, -0.05) is 23.7 Å². The predicted octanol–water partition coefficient (Wildman–Crippen LogP) is 3.57. The van der Waals surface area contributed by atoms with Crippen LogP contribution in [-0.4, -0.2) is 0 Å². The second-order valence-corrected chi connectivity index (χ2v) is 4.55. The second kappa shape index (κ2) is 6.12. The van der Waals surface area contributed by atoms with Crippen molar-refractivity contribution in [2.75, 3.05) is 5.73 Å². The molecule has 2 aromatic carbocycles. The zero-order valence-corrected chi connectivity index (χ0v) is 11.0. The Morgan fingerprint density at radius 2 is 1.89 bits per heavy atom. The second-order valence-electron chi connectivity index (χ2n) is 4.11. The van der Waals surface area contributed by atoms with Gasteiger partial charge in [0.15, 0.2) is 0 Å². The molecule has 0 spiro atoms. The Morgan fingerprint density at radius 3 is 2.58 bits per heavy atom. The number of ether oxygens (including phenoxy) is 1. The average Bonchev–Trinajstić information content (AvgIpc) is 2.42. The van der Waals surface area contributed by atoms with Crippen LogP contribution in [0, 0.1) is 11.3 Å². The van der Waals surface area contributed by atoms with Gasteiger partial charge in [0, 0.05) is 10.7 Å². The zero-order valence-electron chi connectivity index (χ0n) is 10.3. The van der Waals surface area contributed by atoms with E-state index in [1.165, 1.54) is 0 Å². The van der Waals surface area contributed by atoms with Crippen LogP contribution in [0.4, 0.5) is 5.69 Å². The molecule has 0 aliphatic carbocycles. The van der Waals surface area contributed by atoms with Gasteiger partial charge in [-0.3, -0.25) is 0 Å². The lowest BCUT2D eigenvalue weighted by Crippen LogP contribution is -1.98. The number of benzene rings is 2. The molecular formula is C15H13ClN2O. The minimum absolute atomic E-state index is 0.282. The van der Waals surface area contributed by atoms with Gasteiger partial charge in [0.1, 0.15) is 12.4 Å². The number of nitrogen functional groups attached to an aromatic ring is 1. The van der Waals surface area contributed by atoms with Crippen molar-refractivity contribution >= 4 is 17.3 Å². The third-order valence-electron chi connectivity index (χ3n) is 2.70. The molecule has 0 heterocycles. The minimum Gasteiger partial charge on any atom is -0.489 e. The summed E-state index contributed by atoms with van der Waals surface area (Å²) in [5.41, 5.74) is 8.21. The molecule has 19 heavy (non-hydrogen) atoms. The van der Waals surface area contributed by atoms with Crippen molar-refractivity contribution in [3.63, 3.8) is 0 Å². The third-order valence-corrected chi connectivity index (χ3v) is 2.95. The summed E-state index contributed by atoms with van der Waals surface area (Å²) in [6.07, 6.45) is 0.282. The van der Waals surface area contributed by atoms with E-state index < -0.39 is 0 Å². The van der Waals surface area contributed by atoms with Crippen LogP contribution in [0.2, 0.25) is 5.02 Å². The average molecular weight is 273 g/mol. The summed E-state index contributed by atoms with van der Waals surface area (Å²) in [4.78, 5) is 0. The highest BCUT2D eigenvalue weighted by atomic mass is 35.5. The lowest BCUT2D eigenvalue weighted by Gasteiger charge is -2.09. The monoisotopic (exact) mass is 272 g/mol. The van der Waals surface area contributed by atoms with E-state index in [0.717, 1.165) is 11.1 Å². The van der Waals surface area contributed by atoms with Gasteiger partial charge in [0.05, 0.1) is 12.5 Å². The molecule has 0 amide bonds. The summed E-state index contributed by atoms with van der Waals surface area (Å²) in [6.45, 7) is 0.451. The molecule has 0 fully saturated rings. The summed E-state index contributed by atoms with van der Waals surface area (Å²) in [5, 5.41) is 9.41. The highest BCUT2D eigenvalue weighted by Crippen LogP contribution is 2.21. The summed E-state index contributed by atoms with van der Waals surface area (Å²) in [6, 6.07) is 14.9. The van der Waals surface area contributed by atoms with E-state index in [2.05, 4.69) is 6.07 Å². The number of nitrogens with zero attached hydrogens (tertiary/aromatic N) is 1. The van der Waals surface area contributed by atoms with Gasteiger partial charge in [0.2, 0.25) is 0 Å². The standard InChI is InChI=1S/C15H13ClN2O/c16-13-3-1-11(2-4-13)10-19-14-5-6-15(18)12(9-14)7-8-17/h1-6,9H,7,10,18H2. The van der Waals surface area contributed by atoms with Crippen molar-refractivity contribution < 1.29 is 4.74 Å². The zero-order chi connectivity index (χ0) is 13.7. The van der Waals surface area contributed by atoms with Crippen molar-refractivity contribution in [2.45, 2.75) is 13.0 Å². The van der Waals surface area contributed by atoms with Crippen molar-refractivity contribution in [1.82, 2.24) is 0 Å². The van der Waals surface area contributed by atoms with Gasteiger partial charge in [-0.2, -0.15) is 5.26 Å². The summed E-state index contributed by atoms with van der Waals surface area (Å²) >= 11 is 5.82. The molecule has 2 aromatic rings. The molecule has 0 saturated heterocycles. The number of rotatable bonds is 4. The van der Waals surface area contributed by atoms with Crippen molar-refractivity contribution in [3.8, 4) is 11.8 Å². The van der Waals surface area contributed by atoms with Crippen LogP contribution in [0.25, 0.3) is 0 Å². The van der Waals surface area contributed by atoms with Gasteiger partial charge in [0.25, 0.3) is 0 Å². The van der Waals surface area contributed by atoms with Crippen LogP contribution in [0.3, 0.4) is 0 Å². The Bertz CT molecular complexity index is 603. The Balaban J connectivity index is 2.05. The SMILES string of the molecule is N#CCc1cc(OCc2ccc(Cl)cc2)ccc1N. The number of hydrogen-bond donors (Lipinski definition) is 1. The van der Waals surface area contributed by atoms with Crippen LogP contribution in [-0.2, 0) is 13.0 Å². The maximum Gasteiger partial charge on any atom is 0.120 e. The van der Waals surface area contributed by atoms with E-state index in [0.29, 0.717) is 23.1 Å². The fourth-order valence-corrected chi connectivity index (χ4v) is 1.78. The van der Waals surface area contributed by atoms with Gasteiger partial charge >= 0.3 is 0 Å². The minimum atomic E-state index is 0.282. The van der Waals surface area contributed by atoms with E-state index in [4.69, 9.17) is 27.3 Å². The predicted molar refractivity (Wildman–Crippen MR) is 76.0 cm³/mol. The molecule has 2 rings (SSSR count). The molecule has 3 nitrogen and oxygen atoms in total. The van der Waals surface area contributed by atoms with Crippen LogP contribution in [0.15, 0.2) is 42.5 Å². The highest BCUT2D eigenvalue weighted by molar-refractivity contribution is 6.30. The van der Waals surface area contributed by atoms with Gasteiger partial charge in [-0.25, -0.2) is 0 Å². The summed E-state index contributed by atoms with van der Waals surface area (Å²) < 4.78 is 5.67. The highest BCUT2D eigenvalue weighted by Gasteiger charge is 2.02. The fraction of sp³-hybridized carbons (Fsp3) is 0.133. The molecule has 4 heteroatoms. The Morgan fingerprint density at radius 1 is 1.16 bits per heavy atom. The lowest BCUT2D eigenvalue weighted by molar-refractivity contribution is 0.306. The smallest absolute Gasteiger partial charge is 0.120 e. The molecule has 2 N–H and O–H groups in total. The largest absolute Gasteiger partial charge is 0.489 e. The first-order valence-corrected chi connectivity index (χ1v) is 6.19. The number of nitriles is 1. The lowest BCUT2D eigenvalue weighted by atomic mass is 10.1. The molecule has 0 saturated carbocycles. The number of anilines is 1. The summed E-state index contributed by atoms with van der Waals surface area (Å²) in [5.74, 6) is 0.703. The van der Waals surface area contributed by atoms with Crippen LogP contribution >= 0.6 is 11.6 Å². The maximum atomic E-state index is 8.71. The van der Waals surface area contributed by atoms with Crippen LogP contribution in [0.1, 0.15) is 11.1 Å². The van der Waals surface area contributed by atoms with Crippen molar-refractivity contribution in [1.29, 1.82) is 5.26 Å². The molecule has 0 aliphatic rings. The van der Waals surface area contributed by atoms with E-state index in [9.17, 15) is 0 Å². The Kier molecular flexibility index (Phi) is 4.27. The van der Waals surface area contributed by atoms with E-state index >= 15 is 0 Å². The first kappa shape index (κ1) is 13.3. The first-order valence-electron chi connectivity index (χ1n) is 5.81. The first-order chi connectivity index (χ1) is 9.19. The molecule has 0 aromatic heterocycles. The number of hydrogen-bond acceptors (Lipinski definition) is 3. The number of halogens is 1. The molecule has 0 bridgehead atoms. The van der Waals surface area contributed by atoms with E-state index in [-0.39, 0.29) is 6.42 Å². The topological polar surface area (TPSA) is 59.0 Å². The molecule has 0 unspecified atom stereocenters. The van der Waals surface area contributed by atoms with E-state index in [1.807, 2.05) is 24.3 Å². The number of nitrogens with two attached hydrogens (primary N) is 1. The molecular weight excluding hydrogens is 260 g/mol. The summed E-state index contributed by atoms with van der Waals surface area (Å²) in [7, 11) is 0. The van der Waals surface area contributed by atoms with Gasteiger partial charge in [-0.15, -0.1) is 0 Å². The van der Waals surface area contributed by atoms with Gasteiger partial charge in [-0.05, 0) is 41.5 Å². The Labute approximate surface area is 117 Å². The van der Waals surface area contributed by atoms with Crippen LogP contribution in [0.5, 0.6) is 5.75 Å². The quantitative estimate of drug-likeness (QED) is 0.866. The van der Waals surface area contributed by atoms with Crippen molar-refractivity contribution in [2.24, 2.45) is 0 Å². The Hall–Kier alpha value is -2.18. The normalized spacial score (nSPS) is 9.89. The van der Waals surface area contributed by atoms with Gasteiger partial charge < -0.3 is 10.5 Å². The fourth-order valence-electron chi connectivity index (χ4n) is 1.66. The van der Waals surface area contributed by atoms with Crippen molar-refractivity contribution in [3.05, 3.63) is 58.6 Å². The third kappa shape index (κ3) is 3.64. The van der Waals surface area contributed by atoms with Crippen LogP contribution < -0.4 is 10.5 Å². The molecule has 0 atom stereocenters. The maximum absolute atomic E-state index is 8.71. The van der Waals surface area contributed by atoms with E-state index in [1.54, 1.807) is 18.2 Å². The molecule has 96 valence electrons.